The van der Waals surface area contributed by atoms with E-state index in [1.807, 2.05) is 12.1 Å². The Labute approximate surface area is 215 Å². The number of piperidine rings is 1. The molecule has 1 aliphatic heterocycles. The molecule has 1 heterocycles. The molecule has 2 aromatic rings. The third kappa shape index (κ3) is 6.90. The van der Waals surface area contributed by atoms with Crippen LogP contribution in [0.4, 0.5) is 35.9 Å². The van der Waals surface area contributed by atoms with E-state index in [0.717, 1.165) is 17.6 Å². The maximum Gasteiger partial charge on any atom is 0.416 e. The molecule has 1 fully saturated rings. The molecule has 0 radical (unpaired) electrons. The van der Waals surface area contributed by atoms with Crippen LogP contribution in [0.1, 0.15) is 48.4 Å². The smallest absolute Gasteiger partial charge is 0.416 e. The summed E-state index contributed by atoms with van der Waals surface area (Å²) in [5, 5.41) is 9.92. The van der Waals surface area contributed by atoms with E-state index in [4.69, 9.17) is 4.74 Å². The van der Waals surface area contributed by atoms with E-state index in [9.17, 15) is 41.0 Å². The fraction of sp³-hybridized carbons (Fsp3) is 0.462. The maximum absolute atomic E-state index is 13.4. The second kappa shape index (κ2) is 11.5. The summed E-state index contributed by atoms with van der Waals surface area (Å²) in [5.74, 6) is 0. The van der Waals surface area contributed by atoms with Crippen molar-refractivity contribution in [3.63, 3.8) is 0 Å². The quantitative estimate of drug-likeness (QED) is 0.404. The van der Waals surface area contributed by atoms with Gasteiger partial charge in [-0.25, -0.2) is 9.59 Å². The Balaban J connectivity index is 2.00. The SMILES string of the molecule is CCC1CC(N(Cc2cc(C(F)(F)F)cc(C(F)(F)F)c2)C(=O)OC)CC(Cc2ccccc2)N1C(=O)O. The predicted molar refractivity (Wildman–Crippen MR) is 125 cm³/mol. The lowest BCUT2D eigenvalue weighted by atomic mass is 9.86. The number of likely N-dealkylation sites (tertiary alicyclic amines) is 1. The van der Waals surface area contributed by atoms with Crippen molar-refractivity contribution >= 4 is 12.2 Å². The maximum atomic E-state index is 13.4. The lowest BCUT2D eigenvalue weighted by molar-refractivity contribution is -0.143. The molecule has 0 spiro atoms. The molecule has 2 aromatic carbocycles. The zero-order valence-electron chi connectivity index (χ0n) is 20.7. The normalized spacial score (nSPS) is 20.2. The van der Waals surface area contributed by atoms with E-state index in [1.54, 1.807) is 25.1 Å². The molecule has 3 atom stereocenters. The summed E-state index contributed by atoms with van der Waals surface area (Å²) in [5.41, 5.74) is -2.50. The highest BCUT2D eigenvalue weighted by molar-refractivity contribution is 5.69. The average Bonchev–Trinajstić information content (AvgIpc) is 2.85. The van der Waals surface area contributed by atoms with Crippen LogP contribution in [-0.4, -0.2) is 52.3 Å². The third-order valence-corrected chi connectivity index (χ3v) is 6.73. The summed E-state index contributed by atoms with van der Waals surface area (Å²) in [6, 6.07) is 8.43. The van der Waals surface area contributed by atoms with Crippen LogP contribution in [0.3, 0.4) is 0 Å². The predicted octanol–water partition coefficient (Wildman–Crippen LogP) is 6.82. The highest BCUT2D eigenvalue weighted by Crippen LogP contribution is 2.37. The second-order valence-electron chi connectivity index (χ2n) is 9.23. The molecule has 208 valence electrons. The number of amides is 2. The Hall–Kier alpha value is -3.44. The first-order valence-corrected chi connectivity index (χ1v) is 11.9. The number of ether oxygens (including phenoxy) is 1. The van der Waals surface area contributed by atoms with Crippen LogP contribution < -0.4 is 0 Å². The minimum absolute atomic E-state index is 0.0281. The minimum atomic E-state index is -5.03. The Bertz CT molecular complexity index is 1090. The van der Waals surface area contributed by atoms with Crippen LogP contribution in [-0.2, 0) is 30.1 Å². The van der Waals surface area contributed by atoms with Gasteiger partial charge in [-0.15, -0.1) is 0 Å². The number of hydrogen-bond acceptors (Lipinski definition) is 3. The molecular weight excluding hydrogens is 518 g/mol. The fourth-order valence-corrected chi connectivity index (χ4v) is 5.01. The summed E-state index contributed by atoms with van der Waals surface area (Å²) in [7, 11) is 1.06. The van der Waals surface area contributed by atoms with Crippen molar-refractivity contribution in [3.8, 4) is 0 Å². The van der Waals surface area contributed by atoms with Crippen LogP contribution in [0.15, 0.2) is 48.5 Å². The van der Waals surface area contributed by atoms with E-state index in [-0.39, 0.29) is 24.5 Å². The van der Waals surface area contributed by atoms with Crippen molar-refractivity contribution < 1.29 is 45.8 Å². The molecule has 12 heteroatoms. The molecule has 0 aromatic heterocycles. The molecule has 1 N–H and O–H groups in total. The van der Waals surface area contributed by atoms with E-state index in [2.05, 4.69) is 0 Å². The number of nitrogens with zero attached hydrogens (tertiary/aromatic N) is 2. The molecule has 0 saturated carbocycles. The molecule has 3 rings (SSSR count). The summed E-state index contributed by atoms with van der Waals surface area (Å²) in [6.45, 7) is 1.19. The monoisotopic (exact) mass is 546 g/mol. The summed E-state index contributed by atoms with van der Waals surface area (Å²) in [6.07, 6.45) is -11.2. The molecule has 3 unspecified atom stereocenters. The van der Waals surface area contributed by atoms with Crippen molar-refractivity contribution in [2.24, 2.45) is 0 Å². The topological polar surface area (TPSA) is 70.1 Å². The van der Waals surface area contributed by atoms with Crippen LogP contribution in [0.25, 0.3) is 0 Å². The summed E-state index contributed by atoms with van der Waals surface area (Å²) in [4.78, 5) is 27.4. The molecular formula is C26H28F6N2O4. The third-order valence-electron chi connectivity index (χ3n) is 6.73. The Morgan fingerprint density at radius 2 is 1.50 bits per heavy atom. The molecule has 1 aliphatic rings. The van der Waals surface area contributed by atoms with Crippen molar-refractivity contribution in [1.29, 1.82) is 0 Å². The van der Waals surface area contributed by atoms with Crippen LogP contribution >= 0.6 is 0 Å². The van der Waals surface area contributed by atoms with Gasteiger partial charge in [0.05, 0.1) is 18.2 Å². The van der Waals surface area contributed by atoms with Crippen LogP contribution in [0.2, 0.25) is 0 Å². The van der Waals surface area contributed by atoms with Crippen LogP contribution in [0.5, 0.6) is 0 Å². The standard InChI is InChI=1S/C26H28F6N2O4/c1-3-20-13-21(14-22(34(20)23(35)36)11-16-7-5-4-6-8-16)33(24(37)38-2)15-17-9-18(25(27,28)29)12-19(10-17)26(30,31)32/h4-10,12,20-22H,3,11,13-15H2,1-2H3,(H,35,36). The zero-order chi connectivity index (χ0) is 28.3. The van der Waals surface area contributed by atoms with Crippen molar-refractivity contribution in [2.75, 3.05) is 7.11 Å². The molecule has 2 amide bonds. The van der Waals surface area contributed by atoms with Gasteiger partial charge >= 0.3 is 24.5 Å². The Kier molecular flexibility index (Phi) is 8.83. The number of alkyl halides is 6. The first-order chi connectivity index (χ1) is 17.7. The number of rotatable bonds is 6. The van der Waals surface area contributed by atoms with Gasteiger partial charge in [0.1, 0.15) is 0 Å². The van der Waals surface area contributed by atoms with Gasteiger partial charge in [0.15, 0.2) is 0 Å². The van der Waals surface area contributed by atoms with E-state index in [0.29, 0.717) is 25.0 Å². The first kappa shape index (κ1) is 29.1. The van der Waals surface area contributed by atoms with Gasteiger partial charge in [0.25, 0.3) is 0 Å². The number of benzene rings is 2. The number of carbonyl (C=O) groups is 2. The number of carboxylic acid groups (broad SMARTS) is 1. The molecule has 6 nitrogen and oxygen atoms in total. The van der Waals surface area contributed by atoms with E-state index < -0.39 is 60.3 Å². The number of carbonyl (C=O) groups excluding carboxylic acids is 1. The highest BCUT2D eigenvalue weighted by Gasteiger charge is 2.42. The number of halogens is 6. The fourth-order valence-electron chi connectivity index (χ4n) is 5.01. The molecule has 0 bridgehead atoms. The summed E-state index contributed by atoms with van der Waals surface area (Å²) >= 11 is 0. The van der Waals surface area contributed by atoms with Gasteiger partial charge in [-0.05, 0) is 55.0 Å². The Morgan fingerprint density at radius 3 is 1.97 bits per heavy atom. The van der Waals surface area contributed by atoms with Crippen LogP contribution in [0, 0.1) is 0 Å². The van der Waals surface area contributed by atoms with E-state index in [1.165, 1.54) is 4.90 Å². The molecule has 0 aliphatic carbocycles. The minimum Gasteiger partial charge on any atom is -0.465 e. The van der Waals surface area contributed by atoms with Gasteiger partial charge in [-0.1, -0.05) is 37.3 Å². The average molecular weight is 547 g/mol. The number of hydrogen-bond donors (Lipinski definition) is 1. The van der Waals surface area contributed by atoms with Crippen molar-refractivity contribution in [1.82, 2.24) is 9.80 Å². The molecule has 1 saturated heterocycles. The largest absolute Gasteiger partial charge is 0.465 e. The lowest BCUT2D eigenvalue weighted by Crippen LogP contribution is -2.57. The molecule has 38 heavy (non-hydrogen) atoms. The van der Waals surface area contributed by atoms with Gasteiger partial charge < -0.3 is 19.6 Å². The van der Waals surface area contributed by atoms with Gasteiger partial charge in [-0.2, -0.15) is 26.3 Å². The second-order valence-corrected chi connectivity index (χ2v) is 9.23. The lowest BCUT2D eigenvalue weighted by Gasteiger charge is -2.46. The highest BCUT2D eigenvalue weighted by atomic mass is 19.4. The number of methoxy groups -OCH3 is 1. The van der Waals surface area contributed by atoms with Gasteiger partial charge in [0.2, 0.25) is 0 Å². The zero-order valence-corrected chi connectivity index (χ0v) is 20.7. The van der Waals surface area contributed by atoms with E-state index >= 15 is 0 Å². The Morgan fingerprint density at radius 1 is 0.947 bits per heavy atom. The summed E-state index contributed by atoms with van der Waals surface area (Å²) < 4.78 is 85.2. The van der Waals surface area contributed by atoms with Crippen molar-refractivity contribution in [3.05, 3.63) is 70.8 Å². The van der Waals surface area contributed by atoms with Gasteiger partial charge in [0, 0.05) is 24.7 Å². The first-order valence-electron chi connectivity index (χ1n) is 11.9. The van der Waals surface area contributed by atoms with Crippen molar-refractivity contribution in [2.45, 2.75) is 69.6 Å². The van der Waals surface area contributed by atoms with Gasteiger partial charge in [-0.3, -0.25) is 0 Å².